The van der Waals surface area contributed by atoms with Crippen LogP contribution < -0.4 is 5.32 Å². The van der Waals surface area contributed by atoms with Crippen molar-refractivity contribution in [1.82, 2.24) is 10.2 Å². The molecule has 36 heavy (non-hydrogen) atoms. The standard InChI is InChI=1S/C28H31F2N3O3/c1-5-7-24(27(34)32-17-20-8-12-22(29)13-9-20)25(31)26(36-4)19(3)28(35)33(16-6-2)18-21-10-14-23(30)15-11-21/h6-16,31H,5,17-18H2,1-4H3,(H,32,34)/b16-6-,24-7+,26-19-,31-25?. The van der Waals surface area contributed by atoms with Crippen LogP contribution in [0.2, 0.25) is 0 Å². The molecule has 0 unspecified atom stereocenters. The average Bonchev–Trinajstić information content (AvgIpc) is 2.87. The Morgan fingerprint density at radius 2 is 1.58 bits per heavy atom. The summed E-state index contributed by atoms with van der Waals surface area (Å²) < 4.78 is 31.8. The molecule has 8 heteroatoms. The molecule has 2 aromatic rings. The molecule has 0 fully saturated rings. The molecule has 0 spiro atoms. The summed E-state index contributed by atoms with van der Waals surface area (Å²) in [6, 6.07) is 11.5. The molecule has 0 bridgehead atoms. The van der Waals surface area contributed by atoms with E-state index in [1.165, 1.54) is 43.2 Å². The fourth-order valence-electron chi connectivity index (χ4n) is 3.43. The molecule has 0 aromatic heterocycles. The van der Waals surface area contributed by atoms with E-state index in [4.69, 9.17) is 10.1 Å². The number of benzene rings is 2. The summed E-state index contributed by atoms with van der Waals surface area (Å²) in [7, 11) is 1.33. The zero-order chi connectivity index (χ0) is 26.7. The third kappa shape index (κ3) is 7.73. The van der Waals surface area contributed by atoms with Gasteiger partial charge in [-0.05, 0) is 55.7 Å². The number of rotatable bonds is 11. The number of allylic oxidation sites excluding steroid dienone is 3. The zero-order valence-electron chi connectivity index (χ0n) is 20.9. The van der Waals surface area contributed by atoms with Crippen molar-refractivity contribution >= 4 is 17.5 Å². The SMILES string of the molecule is C/C=C\N(Cc1ccc(F)cc1)C(=O)/C(C)=C(\OC)C(=N)/C(=C\CC)C(=O)NCc1ccc(F)cc1. The average molecular weight is 496 g/mol. The molecule has 0 aliphatic heterocycles. The fraction of sp³-hybridized carbons (Fsp3) is 0.250. The molecule has 2 rings (SSSR count). The van der Waals surface area contributed by atoms with Gasteiger partial charge in [-0.1, -0.05) is 43.3 Å². The van der Waals surface area contributed by atoms with Crippen molar-refractivity contribution in [2.24, 2.45) is 0 Å². The van der Waals surface area contributed by atoms with Crippen LogP contribution in [0.15, 0.2) is 83.8 Å². The Bertz CT molecular complexity index is 1170. The van der Waals surface area contributed by atoms with Crippen molar-refractivity contribution in [3.63, 3.8) is 0 Å². The minimum absolute atomic E-state index is 0.0368. The number of nitrogens with zero attached hydrogens (tertiary/aromatic N) is 1. The summed E-state index contributed by atoms with van der Waals surface area (Å²) in [5, 5.41) is 11.4. The van der Waals surface area contributed by atoms with Crippen LogP contribution in [0.1, 0.15) is 38.3 Å². The van der Waals surface area contributed by atoms with Crippen molar-refractivity contribution in [1.29, 1.82) is 5.41 Å². The Kier molecular flexibility index (Phi) is 10.7. The summed E-state index contributed by atoms with van der Waals surface area (Å²) in [5.74, 6) is -1.73. The molecule has 2 amide bonds. The molecular formula is C28H31F2N3O3. The first-order chi connectivity index (χ1) is 17.2. The van der Waals surface area contributed by atoms with Crippen LogP contribution in [-0.4, -0.2) is 29.5 Å². The maximum Gasteiger partial charge on any atom is 0.257 e. The lowest BCUT2D eigenvalue weighted by Crippen LogP contribution is -2.31. The number of methoxy groups -OCH3 is 1. The molecular weight excluding hydrogens is 464 g/mol. The van der Waals surface area contributed by atoms with Gasteiger partial charge in [0.05, 0.1) is 24.8 Å². The third-order valence-corrected chi connectivity index (χ3v) is 5.24. The Balaban J connectivity index is 2.28. The predicted octanol–water partition coefficient (Wildman–Crippen LogP) is 5.42. The van der Waals surface area contributed by atoms with E-state index in [-0.39, 0.29) is 47.3 Å². The van der Waals surface area contributed by atoms with Crippen molar-refractivity contribution in [2.75, 3.05) is 7.11 Å². The van der Waals surface area contributed by atoms with Crippen molar-refractivity contribution in [3.05, 3.63) is 107 Å². The van der Waals surface area contributed by atoms with Crippen LogP contribution in [-0.2, 0) is 27.4 Å². The number of hydrogen-bond donors (Lipinski definition) is 2. The van der Waals surface area contributed by atoms with Crippen LogP contribution in [0.3, 0.4) is 0 Å². The van der Waals surface area contributed by atoms with E-state index in [0.29, 0.717) is 12.0 Å². The first-order valence-corrected chi connectivity index (χ1v) is 11.5. The lowest BCUT2D eigenvalue weighted by Gasteiger charge is -2.21. The molecule has 0 aliphatic carbocycles. The molecule has 6 nitrogen and oxygen atoms in total. The largest absolute Gasteiger partial charge is 0.494 e. The molecule has 0 aliphatic rings. The monoisotopic (exact) mass is 495 g/mol. The minimum Gasteiger partial charge on any atom is -0.494 e. The molecule has 190 valence electrons. The molecule has 0 saturated heterocycles. The van der Waals surface area contributed by atoms with E-state index in [1.807, 2.05) is 6.92 Å². The van der Waals surface area contributed by atoms with Crippen molar-refractivity contribution in [3.8, 4) is 0 Å². The third-order valence-electron chi connectivity index (χ3n) is 5.24. The molecule has 0 heterocycles. The highest BCUT2D eigenvalue weighted by Gasteiger charge is 2.25. The van der Waals surface area contributed by atoms with Gasteiger partial charge in [0, 0.05) is 12.7 Å². The summed E-state index contributed by atoms with van der Waals surface area (Å²) >= 11 is 0. The molecule has 0 atom stereocenters. The van der Waals surface area contributed by atoms with Gasteiger partial charge in [-0.3, -0.25) is 15.0 Å². The number of halogens is 2. The fourth-order valence-corrected chi connectivity index (χ4v) is 3.43. The van der Waals surface area contributed by atoms with Gasteiger partial charge in [-0.25, -0.2) is 8.78 Å². The number of carbonyl (C=O) groups is 2. The van der Waals surface area contributed by atoms with E-state index in [9.17, 15) is 18.4 Å². The second-order valence-electron chi connectivity index (χ2n) is 7.91. The topological polar surface area (TPSA) is 82.5 Å². The van der Waals surface area contributed by atoms with Gasteiger partial charge in [0.1, 0.15) is 17.3 Å². The lowest BCUT2D eigenvalue weighted by molar-refractivity contribution is -0.125. The highest BCUT2D eigenvalue weighted by atomic mass is 19.1. The van der Waals surface area contributed by atoms with Crippen molar-refractivity contribution in [2.45, 2.75) is 40.3 Å². The van der Waals surface area contributed by atoms with Gasteiger partial charge < -0.3 is 15.0 Å². The number of carbonyl (C=O) groups excluding carboxylic acids is 2. The second kappa shape index (κ2) is 13.7. The van der Waals surface area contributed by atoms with Crippen LogP contribution in [0.5, 0.6) is 0 Å². The molecule has 0 radical (unpaired) electrons. The lowest BCUT2D eigenvalue weighted by atomic mass is 10.0. The highest BCUT2D eigenvalue weighted by molar-refractivity contribution is 6.27. The summed E-state index contributed by atoms with van der Waals surface area (Å²) in [6.45, 7) is 5.43. The van der Waals surface area contributed by atoms with Crippen LogP contribution >= 0.6 is 0 Å². The first-order valence-electron chi connectivity index (χ1n) is 11.5. The van der Waals surface area contributed by atoms with Gasteiger partial charge >= 0.3 is 0 Å². The quantitative estimate of drug-likeness (QED) is 0.248. The van der Waals surface area contributed by atoms with E-state index < -0.39 is 11.8 Å². The Morgan fingerprint density at radius 1 is 1.03 bits per heavy atom. The maximum absolute atomic E-state index is 13.3. The number of amides is 2. The summed E-state index contributed by atoms with van der Waals surface area (Å²) in [5.41, 5.74) is 1.38. The Morgan fingerprint density at radius 3 is 2.08 bits per heavy atom. The van der Waals surface area contributed by atoms with E-state index >= 15 is 0 Å². The maximum atomic E-state index is 13.3. The van der Waals surface area contributed by atoms with E-state index in [1.54, 1.807) is 49.5 Å². The van der Waals surface area contributed by atoms with Crippen molar-refractivity contribution < 1.29 is 23.1 Å². The first kappa shape index (κ1) is 28.2. The molecule has 0 saturated carbocycles. The smallest absolute Gasteiger partial charge is 0.257 e. The van der Waals surface area contributed by atoms with Crippen LogP contribution in [0, 0.1) is 17.0 Å². The number of nitrogens with one attached hydrogen (secondary N) is 2. The molecule has 2 aromatic carbocycles. The van der Waals surface area contributed by atoms with Gasteiger partial charge in [-0.15, -0.1) is 0 Å². The van der Waals surface area contributed by atoms with Gasteiger partial charge in [0.2, 0.25) is 0 Å². The van der Waals surface area contributed by atoms with Crippen LogP contribution in [0.25, 0.3) is 0 Å². The Labute approximate surface area is 210 Å². The summed E-state index contributed by atoms with van der Waals surface area (Å²) in [4.78, 5) is 27.7. The second-order valence-corrected chi connectivity index (χ2v) is 7.91. The van der Waals surface area contributed by atoms with Gasteiger partial charge in [0.15, 0.2) is 5.76 Å². The van der Waals surface area contributed by atoms with E-state index in [0.717, 1.165) is 5.56 Å². The number of ether oxygens (including phenoxy) is 1. The minimum atomic E-state index is -0.516. The van der Waals surface area contributed by atoms with Gasteiger partial charge in [0.25, 0.3) is 11.8 Å². The van der Waals surface area contributed by atoms with Gasteiger partial charge in [-0.2, -0.15) is 0 Å². The summed E-state index contributed by atoms with van der Waals surface area (Å²) in [6.07, 6.45) is 5.34. The van der Waals surface area contributed by atoms with E-state index in [2.05, 4.69) is 5.32 Å². The predicted molar refractivity (Wildman–Crippen MR) is 136 cm³/mol. The Hall–Kier alpha value is -4.07. The number of hydrogen-bond acceptors (Lipinski definition) is 4. The highest BCUT2D eigenvalue weighted by Crippen LogP contribution is 2.18. The normalized spacial score (nSPS) is 12.2. The van der Waals surface area contributed by atoms with Crippen LogP contribution in [0.4, 0.5) is 8.78 Å². The zero-order valence-corrected chi connectivity index (χ0v) is 20.9. The molecule has 2 N–H and O–H groups in total.